The van der Waals surface area contributed by atoms with E-state index in [9.17, 15) is 0 Å². The van der Waals surface area contributed by atoms with Gasteiger partial charge in [0.2, 0.25) is 0 Å². The molecule has 0 amide bonds. The van der Waals surface area contributed by atoms with Crippen LogP contribution in [-0.2, 0) is 0 Å². The number of imidazole rings is 1. The highest BCUT2D eigenvalue weighted by molar-refractivity contribution is 7.71. The first kappa shape index (κ1) is 12.9. The van der Waals surface area contributed by atoms with Gasteiger partial charge in [-0.25, -0.2) is 4.98 Å². The molecule has 102 valence electrons. The molecule has 1 aliphatic rings. The SMILES string of the molecule is Cc1ccc2[nH]c(=S)n(C3CCCCC3(C)C)c2n1. The molecule has 4 heteroatoms. The molecule has 0 saturated heterocycles. The van der Waals surface area contributed by atoms with Crippen molar-refractivity contribution in [3.63, 3.8) is 0 Å². The minimum atomic E-state index is 0.289. The minimum absolute atomic E-state index is 0.289. The van der Waals surface area contributed by atoms with Gasteiger partial charge in [0.25, 0.3) is 0 Å². The Labute approximate surface area is 119 Å². The fourth-order valence-corrected chi connectivity index (χ4v) is 3.66. The summed E-state index contributed by atoms with van der Waals surface area (Å²) in [5.41, 5.74) is 3.41. The maximum atomic E-state index is 5.55. The molecule has 2 aromatic heterocycles. The van der Waals surface area contributed by atoms with Crippen molar-refractivity contribution in [2.24, 2.45) is 5.41 Å². The molecule has 0 aliphatic heterocycles. The van der Waals surface area contributed by atoms with Crippen LogP contribution in [-0.4, -0.2) is 14.5 Å². The summed E-state index contributed by atoms with van der Waals surface area (Å²) in [5.74, 6) is 0. The number of H-pyrrole nitrogens is 1. The molecule has 1 N–H and O–H groups in total. The highest BCUT2D eigenvalue weighted by Gasteiger charge is 2.34. The third kappa shape index (κ3) is 2.12. The number of hydrogen-bond acceptors (Lipinski definition) is 2. The molecule has 0 bridgehead atoms. The molecule has 1 atom stereocenters. The molecule has 1 saturated carbocycles. The molecular weight excluding hydrogens is 254 g/mol. The summed E-state index contributed by atoms with van der Waals surface area (Å²) in [6.07, 6.45) is 5.07. The monoisotopic (exact) mass is 275 g/mol. The Morgan fingerprint density at radius 3 is 2.89 bits per heavy atom. The molecule has 0 radical (unpaired) electrons. The van der Waals surface area contributed by atoms with Crippen LogP contribution in [0.2, 0.25) is 0 Å². The van der Waals surface area contributed by atoms with Crippen molar-refractivity contribution in [3.8, 4) is 0 Å². The van der Waals surface area contributed by atoms with E-state index in [0.29, 0.717) is 6.04 Å². The van der Waals surface area contributed by atoms with E-state index in [1.54, 1.807) is 0 Å². The summed E-state index contributed by atoms with van der Waals surface area (Å²) in [4.78, 5) is 8.01. The van der Waals surface area contributed by atoms with Gasteiger partial charge in [-0.05, 0) is 49.5 Å². The van der Waals surface area contributed by atoms with Crippen LogP contribution < -0.4 is 0 Å². The van der Waals surface area contributed by atoms with Gasteiger partial charge < -0.3 is 4.98 Å². The second-order valence-corrected chi connectivity index (χ2v) is 6.76. The van der Waals surface area contributed by atoms with Gasteiger partial charge in [-0.3, -0.25) is 4.57 Å². The topological polar surface area (TPSA) is 33.6 Å². The summed E-state index contributed by atoms with van der Waals surface area (Å²) in [5, 5.41) is 0. The number of pyridine rings is 1. The van der Waals surface area contributed by atoms with Crippen molar-refractivity contribution in [3.05, 3.63) is 22.6 Å². The number of rotatable bonds is 1. The normalized spacial score (nSPS) is 22.8. The predicted molar refractivity (Wildman–Crippen MR) is 80.9 cm³/mol. The molecular formula is C15H21N3S. The summed E-state index contributed by atoms with van der Waals surface area (Å²) in [6.45, 7) is 6.74. The number of nitrogens with one attached hydrogen (secondary N) is 1. The van der Waals surface area contributed by atoms with Crippen molar-refractivity contribution >= 4 is 23.4 Å². The van der Waals surface area contributed by atoms with Crippen LogP contribution in [0.15, 0.2) is 12.1 Å². The summed E-state index contributed by atoms with van der Waals surface area (Å²) >= 11 is 5.55. The van der Waals surface area contributed by atoms with Crippen molar-refractivity contribution < 1.29 is 0 Å². The third-order valence-corrected chi connectivity index (χ3v) is 4.76. The van der Waals surface area contributed by atoms with E-state index < -0.39 is 0 Å². The lowest BCUT2D eigenvalue weighted by Crippen LogP contribution is -2.30. The van der Waals surface area contributed by atoms with Crippen molar-refractivity contribution in [1.29, 1.82) is 0 Å². The fourth-order valence-electron chi connectivity index (χ4n) is 3.34. The number of nitrogens with zero attached hydrogens (tertiary/aromatic N) is 2. The number of fused-ring (bicyclic) bond motifs is 1. The minimum Gasteiger partial charge on any atom is -0.329 e. The summed E-state index contributed by atoms with van der Waals surface area (Å²) in [7, 11) is 0. The van der Waals surface area contributed by atoms with Crippen molar-refractivity contribution in [2.75, 3.05) is 0 Å². The Kier molecular flexibility index (Phi) is 3.01. The summed E-state index contributed by atoms with van der Waals surface area (Å²) < 4.78 is 3.07. The molecule has 1 aliphatic carbocycles. The molecule has 3 rings (SSSR count). The second-order valence-electron chi connectivity index (χ2n) is 6.37. The second kappa shape index (κ2) is 4.44. The van der Waals surface area contributed by atoms with Crippen molar-refractivity contribution in [2.45, 2.75) is 52.5 Å². The van der Waals surface area contributed by atoms with E-state index in [0.717, 1.165) is 21.6 Å². The van der Waals surface area contributed by atoms with Gasteiger partial charge in [0.15, 0.2) is 10.4 Å². The standard InChI is InChI=1S/C15H21N3S/c1-10-7-8-11-13(16-10)18(14(19)17-11)12-6-4-5-9-15(12,2)3/h7-8,12H,4-6,9H2,1-3H3,(H,17,19). The zero-order valence-electron chi connectivity index (χ0n) is 11.9. The van der Waals surface area contributed by atoms with Crippen LogP contribution in [0.1, 0.15) is 51.3 Å². The molecule has 1 unspecified atom stereocenters. The van der Waals surface area contributed by atoms with E-state index in [4.69, 9.17) is 17.2 Å². The van der Waals surface area contributed by atoms with Gasteiger partial charge in [0.05, 0.1) is 5.52 Å². The van der Waals surface area contributed by atoms with E-state index in [-0.39, 0.29) is 5.41 Å². The number of aromatic amines is 1. The molecule has 2 aromatic rings. The Hall–Kier alpha value is -1.16. The van der Waals surface area contributed by atoms with Gasteiger partial charge in [0, 0.05) is 11.7 Å². The zero-order chi connectivity index (χ0) is 13.6. The number of aryl methyl sites for hydroxylation is 1. The first-order valence-corrected chi connectivity index (χ1v) is 7.48. The van der Waals surface area contributed by atoms with E-state index in [1.165, 1.54) is 25.7 Å². The summed E-state index contributed by atoms with van der Waals surface area (Å²) in [6, 6.07) is 4.57. The maximum Gasteiger partial charge on any atom is 0.179 e. The Morgan fingerprint density at radius 1 is 1.37 bits per heavy atom. The molecule has 0 aromatic carbocycles. The van der Waals surface area contributed by atoms with Gasteiger partial charge in [-0.1, -0.05) is 26.7 Å². The number of aromatic nitrogens is 3. The Bertz CT molecular complexity index is 666. The van der Waals surface area contributed by atoms with E-state index in [2.05, 4.69) is 29.5 Å². The largest absolute Gasteiger partial charge is 0.329 e. The average molecular weight is 275 g/mol. The smallest absolute Gasteiger partial charge is 0.179 e. The van der Waals surface area contributed by atoms with Crippen LogP contribution in [0.3, 0.4) is 0 Å². The first-order valence-electron chi connectivity index (χ1n) is 7.07. The van der Waals surface area contributed by atoms with Gasteiger partial charge >= 0.3 is 0 Å². The van der Waals surface area contributed by atoms with Gasteiger partial charge in [0.1, 0.15) is 0 Å². The Morgan fingerprint density at radius 2 is 2.16 bits per heavy atom. The van der Waals surface area contributed by atoms with E-state index >= 15 is 0 Å². The molecule has 1 fully saturated rings. The first-order chi connectivity index (χ1) is 8.99. The van der Waals surface area contributed by atoms with Crippen LogP contribution in [0.5, 0.6) is 0 Å². The molecule has 2 heterocycles. The van der Waals surface area contributed by atoms with Crippen molar-refractivity contribution in [1.82, 2.24) is 14.5 Å². The highest BCUT2D eigenvalue weighted by Crippen LogP contribution is 2.44. The third-order valence-electron chi connectivity index (χ3n) is 4.47. The van der Waals surface area contributed by atoms with Gasteiger partial charge in [-0.15, -0.1) is 0 Å². The highest BCUT2D eigenvalue weighted by atomic mass is 32.1. The lowest BCUT2D eigenvalue weighted by atomic mass is 9.73. The van der Waals surface area contributed by atoms with Crippen LogP contribution in [0.4, 0.5) is 0 Å². The molecule has 19 heavy (non-hydrogen) atoms. The quantitative estimate of drug-likeness (QED) is 0.775. The lowest BCUT2D eigenvalue weighted by Gasteiger charge is -2.39. The predicted octanol–water partition coefficient (Wildman–Crippen LogP) is 4.54. The molecule has 0 spiro atoms. The van der Waals surface area contributed by atoms with E-state index in [1.807, 2.05) is 13.0 Å². The number of hydrogen-bond donors (Lipinski definition) is 1. The van der Waals surface area contributed by atoms with Crippen LogP contribution in [0, 0.1) is 17.1 Å². The molecule has 3 nitrogen and oxygen atoms in total. The van der Waals surface area contributed by atoms with Crippen LogP contribution >= 0.6 is 12.2 Å². The van der Waals surface area contributed by atoms with Gasteiger partial charge in [-0.2, -0.15) is 0 Å². The fraction of sp³-hybridized carbons (Fsp3) is 0.600. The lowest BCUT2D eigenvalue weighted by molar-refractivity contribution is 0.146. The average Bonchev–Trinajstić information content (AvgIpc) is 2.65. The zero-order valence-corrected chi connectivity index (χ0v) is 12.7. The Balaban J connectivity index is 2.21. The maximum absolute atomic E-state index is 5.55. The van der Waals surface area contributed by atoms with Crippen LogP contribution in [0.25, 0.3) is 11.2 Å².